The van der Waals surface area contributed by atoms with Crippen molar-refractivity contribution in [2.24, 2.45) is 0 Å². The molecule has 0 fully saturated rings. The molecule has 0 bridgehead atoms. The maximum absolute atomic E-state index is 11.9. The fraction of sp³-hybridized carbons (Fsp3) is 0.188. The highest BCUT2D eigenvalue weighted by Gasteiger charge is 2.07. The Morgan fingerprint density at radius 3 is 2.70 bits per heavy atom. The lowest BCUT2D eigenvalue weighted by molar-refractivity contribution is -0.120. The number of carbonyl (C=O) groups is 1. The van der Waals surface area contributed by atoms with Crippen LogP contribution in [0.4, 0.5) is 5.69 Å². The van der Waals surface area contributed by atoms with Gasteiger partial charge in [-0.1, -0.05) is 24.3 Å². The molecule has 104 valence electrons. The SMILES string of the molecule is Cc1ccccc1CC(=O)NCc1cc(N)ccc1O. The zero-order chi connectivity index (χ0) is 14.5. The number of nitrogens with one attached hydrogen (secondary N) is 1. The summed E-state index contributed by atoms with van der Waals surface area (Å²) in [6, 6.07) is 12.6. The Hall–Kier alpha value is -2.49. The molecule has 0 saturated carbocycles. The van der Waals surface area contributed by atoms with Gasteiger partial charge >= 0.3 is 0 Å². The molecule has 1 amide bonds. The first-order valence-corrected chi connectivity index (χ1v) is 6.45. The van der Waals surface area contributed by atoms with Crippen LogP contribution < -0.4 is 11.1 Å². The lowest BCUT2D eigenvalue weighted by Crippen LogP contribution is -2.24. The van der Waals surface area contributed by atoms with E-state index in [1.807, 2.05) is 31.2 Å². The molecule has 0 spiro atoms. The van der Waals surface area contributed by atoms with E-state index in [-0.39, 0.29) is 18.2 Å². The number of nitrogen functional groups attached to an aromatic ring is 1. The predicted octanol–water partition coefficient (Wildman–Crippen LogP) is 2.14. The second-order valence-electron chi connectivity index (χ2n) is 4.77. The number of nitrogens with two attached hydrogens (primary N) is 1. The second-order valence-corrected chi connectivity index (χ2v) is 4.77. The normalized spacial score (nSPS) is 10.2. The molecule has 4 heteroatoms. The minimum atomic E-state index is -0.0823. The van der Waals surface area contributed by atoms with E-state index in [4.69, 9.17) is 5.73 Å². The number of rotatable bonds is 4. The summed E-state index contributed by atoms with van der Waals surface area (Å²) < 4.78 is 0. The lowest BCUT2D eigenvalue weighted by atomic mass is 10.1. The zero-order valence-electron chi connectivity index (χ0n) is 11.4. The van der Waals surface area contributed by atoms with Gasteiger partial charge in [-0.15, -0.1) is 0 Å². The second kappa shape index (κ2) is 6.10. The molecule has 0 aliphatic heterocycles. The van der Waals surface area contributed by atoms with Crippen LogP contribution in [0.15, 0.2) is 42.5 Å². The first-order valence-electron chi connectivity index (χ1n) is 6.45. The quantitative estimate of drug-likeness (QED) is 0.588. The Kier molecular flexibility index (Phi) is 4.25. The molecule has 0 aromatic heterocycles. The van der Waals surface area contributed by atoms with Crippen LogP contribution in [0.25, 0.3) is 0 Å². The predicted molar refractivity (Wildman–Crippen MR) is 79.2 cm³/mol. The first kappa shape index (κ1) is 13.9. The van der Waals surface area contributed by atoms with E-state index >= 15 is 0 Å². The molecule has 0 radical (unpaired) electrons. The number of benzene rings is 2. The van der Waals surface area contributed by atoms with Crippen LogP contribution in [0.5, 0.6) is 5.75 Å². The topological polar surface area (TPSA) is 75.4 Å². The highest BCUT2D eigenvalue weighted by molar-refractivity contribution is 5.79. The van der Waals surface area contributed by atoms with Crippen molar-refractivity contribution in [1.82, 2.24) is 5.32 Å². The number of hydrogen-bond donors (Lipinski definition) is 3. The Bertz CT molecular complexity index is 624. The van der Waals surface area contributed by atoms with E-state index in [0.717, 1.165) is 11.1 Å². The Morgan fingerprint density at radius 1 is 1.20 bits per heavy atom. The summed E-state index contributed by atoms with van der Waals surface area (Å²) in [5.74, 6) is 0.0523. The molecule has 0 saturated heterocycles. The third-order valence-corrected chi connectivity index (χ3v) is 3.19. The van der Waals surface area contributed by atoms with E-state index in [2.05, 4.69) is 5.32 Å². The molecule has 2 rings (SSSR count). The lowest BCUT2D eigenvalue weighted by Gasteiger charge is -2.09. The maximum Gasteiger partial charge on any atom is 0.224 e. The largest absolute Gasteiger partial charge is 0.508 e. The molecule has 0 unspecified atom stereocenters. The van der Waals surface area contributed by atoms with Gasteiger partial charge in [0, 0.05) is 17.8 Å². The van der Waals surface area contributed by atoms with Crippen molar-refractivity contribution in [2.45, 2.75) is 19.9 Å². The van der Waals surface area contributed by atoms with Gasteiger partial charge in [0.2, 0.25) is 5.91 Å². The average molecular weight is 270 g/mol. The summed E-state index contributed by atoms with van der Waals surface area (Å²) in [6.07, 6.45) is 0.329. The standard InChI is InChI=1S/C16H18N2O2/c1-11-4-2-3-5-12(11)9-16(20)18-10-13-8-14(17)6-7-15(13)19/h2-8,19H,9-10,17H2,1H3,(H,18,20). The van der Waals surface area contributed by atoms with E-state index in [1.54, 1.807) is 12.1 Å². The molecule has 0 aliphatic rings. The van der Waals surface area contributed by atoms with Gasteiger partial charge in [-0.2, -0.15) is 0 Å². The highest BCUT2D eigenvalue weighted by Crippen LogP contribution is 2.19. The van der Waals surface area contributed by atoms with Gasteiger partial charge in [-0.05, 0) is 36.2 Å². The van der Waals surface area contributed by atoms with Gasteiger partial charge in [0.25, 0.3) is 0 Å². The molecule has 2 aromatic carbocycles. The van der Waals surface area contributed by atoms with E-state index < -0.39 is 0 Å². The minimum absolute atomic E-state index is 0.0823. The Labute approximate surface area is 118 Å². The van der Waals surface area contributed by atoms with Gasteiger partial charge in [0.05, 0.1) is 6.42 Å². The number of amides is 1. The molecule has 2 aromatic rings. The van der Waals surface area contributed by atoms with Gasteiger partial charge < -0.3 is 16.2 Å². The van der Waals surface area contributed by atoms with Crippen molar-refractivity contribution in [1.29, 1.82) is 0 Å². The Balaban J connectivity index is 1.96. The van der Waals surface area contributed by atoms with Crippen LogP contribution >= 0.6 is 0 Å². The third-order valence-electron chi connectivity index (χ3n) is 3.19. The highest BCUT2D eigenvalue weighted by atomic mass is 16.3. The van der Waals surface area contributed by atoms with Crippen molar-refractivity contribution in [3.8, 4) is 5.75 Å². The number of carbonyl (C=O) groups excluding carboxylic acids is 1. The van der Waals surface area contributed by atoms with Crippen LogP contribution in [0.3, 0.4) is 0 Å². The van der Waals surface area contributed by atoms with Crippen molar-refractivity contribution >= 4 is 11.6 Å². The summed E-state index contributed by atoms with van der Waals surface area (Å²) >= 11 is 0. The van der Waals surface area contributed by atoms with Crippen LogP contribution in [-0.2, 0) is 17.8 Å². The molecule has 4 nitrogen and oxygen atoms in total. The van der Waals surface area contributed by atoms with Crippen LogP contribution in [0.2, 0.25) is 0 Å². The van der Waals surface area contributed by atoms with E-state index in [0.29, 0.717) is 17.7 Å². The van der Waals surface area contributed by atoms with Crippen molar-refractivity contribution in [3.63, 3.8) is 0 Å². The zero-order valence-corrected chi connectivity index (χ0v) is 11.4. The fourth-order valence-electron chi connectivity index (χ4n) is 1.98. The number of anilines is 1. The van der Waals surface area contributed by atoms with Gasteiger partial charge in [-0.25, -0.2) is 0 Å². The van der Waals surface area contributed by atoms with Gasteiger partial charge in [0.1, 0.15) is 5.75 Å². The molecule has 0 atom stereocenters. The van der Waals surface area contributed by atoms with E-state index in [9.17, 15) is 9.90 Å². The molecule has 20 heavy (non-hydrogen) atoms. The van der Waals surface area contributed by atoms with Gasteiger partial charge in [-0.3, -0.25) is 4.79 Å². The van der Waals surface area contributed by atoms with Crippen LogP contribution in [0, 0.1) is 6.92 Å². The summed E-state index contributed by atoms with van der Waals surface area (Å²) in [5, 5.41) is 12.5. The summed E-state index contributed by atoms with van der Waals surface area (Å²) in [7, 11) is 0. The minimum Gasteiger partial charge on any atom is -0.508 e. The Morgan fingerprint density at radius 2 is 1.95 bits per heavy atom. The number of phenols is 1. The summed E-state index contributed by atoms with van der Waals surface area (Å²) in [5.41, 5.74) is 8.92. The number of phenolic OH excluding ortho intramolecular Hbond substituents is 1. The summed E-state index contributed by atoms with van der Waals surface area (Å²) in [4.78, 5) is 11.9. The molecule has 0 heterocycles. The van der Waals surface area contributed by atoms with E-state index in [1.165, 1.54) is 6.07 Å². The molecule has 0 aliphatic carbocycles. The van der Waals surface area contributed by atoms with Crippen molar-refractivity contribution < 1.29 is 9.90 Å². The first-order chi connectivity index (χ1) is 9.56. The smallest absolute Gasteiger partial charge is 0.224 e. The fourth-order valence-corrected chi connectivity index (χ4v) is 1.98. The number of aryl methyl sites for hydroxylation is 1. The van der Waals surface area contributed by atoms with Crippen LogP contribution in [0.1, 0.15) is 16.7 Å². The number of aromatic hydroxyl groups is 1. The monoisotopic (exact) mass is 270 g/mol. The van der Waals surface area contributed by atoms with Gasteiger partial charge in [0.15, 0.2) is 0 Å². The van der Waals surface area contributed by atoms with Crippen molar-refractivity contribution in [3.05, 3.63) is 59.2 Å². The van der Waals surface area contributed by atoms with Crippen molar-refractivity contribution in [2.75, 3.05) is 5.73 Å². The molecular weight excluding hydrogens is 252 g/mol. The maximum atomic E-state index is 11.9. The third kappa shape index (κ3) is 3.51. The number of hydrogen-bond acceptors (Lipinski definition) is 3. The molecular formula is C16H18N2O2. The average Bonchev–Trinajstić information content (AvgIpc) is 2.42. The summed E-state index contributed by atoms with van der Waals surface area (Å²) in [6.45, 7) is 2.24. The molecule has 4 N–H and O–H groups in total. The van der Waals surface area contributed by atoms with Crippen LogP contribution in [-0.4, -0.2) is 11.0 Å².